The van der Waals surface area contributed by atoms with E-state index in [0.29, 0.717) is 12.4 Å². The van der Waals surface area contributed by atoms with Crippen molar-refractivity contribution in [2.75, 3.05) is 11.4 Å². The molecule has 7 heteroatoms. The zero-order chi connectivity index (χ0) is 16.9. The number of hydrogen-bond donors (Lipinski definition) is 0. The van der Waals surface area contributed by atoms with E-state index in [1.54, 1.807) is 29.7 Å². The standard InChI is InChI=1S/C16H21BrN4O2/c1-16(2,3)23-15(22)21(14-6-5-13(17)11-19-14)9-4-8-20-10-7-18-12-20/h5-7,10-12H,4,8-9H2,1-3H3. The van der Waals surface area contributed by atoms with Crippen LogP contribution >= 0.6 is 15.9 Å². The third-order valence-corrected chi connectivity index (χ3v) is 3.43. The number of halogens is 1. The molecule has 0 fully saturated rings. The minimum absolute atomic E-state index is 0.391. The van der Waals surface area contributed by atoms with Gasteiger partial charge in [-0.15, -0.1) is 0 Å². The molecule has 0 saturated heterocycles. The van der Waals surface area contributed by atoms with E-state index in [1.807, 2.05) is 37.6 Å². The third-order valence-electron chi connectivity index (χ3n) is 2.96. The van der Waals surface area contributed by atoms with Crippen LogP contribution < -0.4 is 4.90 Å². The van der Waals surface area contributed by atoms with Crippen molar-refractivity contribution in [2.24, 2.45) is 0 Å². The van der Waals surface area contributed by atoms with E-state index in [-0.39, 0.29) is 0 Å². The lowest BCUT2D eigenvalue weighted by Gasteiger charge is -2.26. The number of rotatable bonds is 5. The van der Waals surface area contributed by atoms with E-state index in [0.717, 1.165) is 17.4 Å². The van der Waals surface area contributed by atoms with Crippen molar-refractivity contribution in [3.05, 3.63) is 41.5 Å². The molecule has 2 aromatic heterocycles. The van der Waals surface area contributed by atoms with E-state index in [2.05, 4.69) is 25.9 Å². The summed E-state index contributed by atoms with van der Waals surface area (Å²) >= 11 is 3.35. The van der Waals surface area contributed by atoms with Crippen LogP contribution in [0.3, 0.4) is 0 Å². The Balaban J connectivity index is 2.07. The van der Waals surface area contributed by atoms with Crippen LogP contribution in [0.5, 0.6) is 0 Å². The molecule has 0 radical (unpaired) electrons. The van der Waals surface area contributed by atoms with Gasteiger partial charge in [-0.3, -0.25) is 4.90 Å². The zero-order valence-corrected chi connectivity index (χ0v) is 15.2. The molecular weight excluding hydrogens is 360 g/mol. The summed E-state index contributed by atoms with van der Waals surface area (Å²) in [6.07, 6.45) is 7.45. The monoisotopic (exact) mass is 380 g/mol. The molecule has 0 saturated carbocycles. The number of nitrogens with zero attached hydrogens (tertiary/aromatic N) is 4. The highest BCUT2D eigenvalue weighted by molar-refractivity contribution is 9.10. The second-order valence-electron chi connectivity index (χ2n) is 6.12. The van der Waals surface area contributed by atoms with Crippen molar-refractivity contribution >= 4 is 27.8 Å². The van der Waals surface area contributed by atoms with Crippen LogP contribution in [0, 0.1) is 0 Å². The van der Waals surface area contributed by atoms with Gasteiger partial charge in [0.1, 0.15) is 11.4 Å². The zero-order valence-electron chi connectivity index (χ0n) is 13.6. The molecule has 0 unspecified atom stereocenters. The number of ether oxygens (including phenoxy) is 1. The molecule has 0 aliphatic carbocycles. The molecule has 0 N–H and O–H groups in total. The van der Waals surface area contributed by atoms with Crippen molar-refractivity contribution < 1.29 is 9.53 Å². The first-order valence-electron chi connectivity index (χ1n) is 7.43. The molecule has 2 aromatic rings. The SMILES string of the molecule is CC(C)(C)OC(=O)N(CCCn1ccnc1)c1ccc(Br)cn1. The lowest BCUT2D eigenvalue weighted by molar-refractivity contribution is 0.0578. The maximum Gasteiger partial charge on any atom is 0.416 e. The van der Waals surface area contributed by atoms with Crippen LogP contribution in [-0.4, -0.2) is 32.8 Å². The Bertz CT molecular complexity index is 621. The number of anilines is 1. The van der Waals surface area contributed by atoms with Crippen LogP contribution in [0.1, 0.15) is 27.2 Å². The number of hydrogen-bond acceptors (Lipinski definition) is 4. The summed E-state index contributed by atoms with van der Waals surface area (Å²) < 4.78 is 8.33. The fourth-order valence-electron chi connectivity index (χ4n) is 1.97. The Morgan fingerprint density at radius 2 is 2.17 bits per heavy atom. The lowest BCUT2D eigenvalue weighted by atomic mass is 10.2. The highest BCUT2D eigenvalue weighted by Gasteiger charge is 2.23. The molecule has 1 amide bonds. The minimum Gasteiger partial charge on any atom is -0.443 e. The van der Waals surface area contributed by atoms with Crippen molar-refractivity contribution in [3.8, 4) is 0 Å². The van der Waals surface area contributed by atoms with Gasteiger partial charge >= 0.3 is 6.09 Å². The number of aryl methyl sites for hydroxylation is 1. The van der Waals surface area contributed by atoms with Gasteiger partial charge in [-0.1, -0.05) is 0 Å². The maximum atomic E-state index is 12.5. The first kappa shape index (κ1) is 17.5. The molecule has 0 bridgehead atoms. The summed E-state index contributed by atoms with van der Waals surface area (Å²) in [4.78, 5) is 22.3. The Morgan fingerprint density at radius 3 is 2.74 bits per heavy atom. The van der Waals surface area contributed by atoms with Gasteiger partial charge in [0, 0.05) is 36.2 Å². The lowest BCUT2D eigenvalue weighted by Crippen LogP contribution is -2.38. The van der Waals surface area contributed by atoms with Crippen LogP contribution in [-0.2, 0) is 11.3 Å². The smallest absolute Gasteiger partial charge is 0.416 e. The van der Waals surface area contributed by atoms with E-state index in [1.165, 1.54) is 0 Å². The number of carbonyl (C=O) groups is 1. The van der Waals surface area contributed by atoms with E-state index in [9.17, 15) is 4.79 Å². The molecule has 0 aromatic carbocycles. The number of amides is 1. The number of imidazole rings is 1. The molecule has 23 heavy (non-hydrogen) atoms. The summed E-state index contributed by atoms with van der Waals surface area (Å²) in [6.45, 7) is 6.84. The molecule has 6 nitrogen and oxygen atoms in total. The molecule has 0 aliphatic heterocycles. The van der Waals surface area contributed by atoms with Crippen LogP contribution in [0.25, 0.3) is 0 Å². The van der Waals surface area contributed by atoms with Gasteiger partial charge in [0.25, 0.3) is 0 Å². The normalized spacial score (nSPS) is 11.3. The predicted octanol–water partition coefficient (Wildman–Crippen LogP) is 3.87. The fourth-order valence-corrected chi connectivity index (χ4v) is 2.21. The van der Waals surface area contributed by atoms with Gasteiger partial charge in [-0.25, -0.2) is 14.8 Å². The highest BCUT2D eigenvalue weighted by Crippen LogP contribution is 2.18. The number of pyridine rings is 1. The average molecular weight is 381 g/mol. The van der Waals surface area contributed by atoms with E-state index in [4.69, 9.17) is 4.74 Å². The predicted molar refractivity (Wildman–Crippen MR) is 92.4 cm³/mol. The molecule has 0 atom stereocenters. The second kappa shape index (κ2) is 7.59. The molecule has 0 aliphatic rings. The molecule has 0 spiro atoms. The number of aromatic nitrogens is 3. The average Bonchev–Trinajstić information content (AvgIpc) is 2.96. The van der Waals surface area contributed by atoms with Gasteiger partial charge in [0.05, 0.1) is 6.33 Å². The summed E-state index contributed by atoms with van der Waals surface area (Å²) in [5, 5.41) is 0. The second-order valence-corrected chi connectivity index (χ2v) is 7.04. The quantitative estimate of drug-likeness (QED) is 0.789. The van der Waals surface area contributed by atoms with Gasteiger partial charge in [0.2, 0.25) is 0 Å². The Hall–Kier alpha value is -1.89. The largest absolute Gasteiger partial charge is 0.443 e. The van der Waals surface area contributed by atoms with Crippen molar-refractivity contribution in [1.82, 2.24) is 14.5 Å². The van der Waals surface area contributed by atoms with Crippen LogP contribution in [0.15, 0.2) is 41.5 Å². The summed E-state index contributed by atoms with van der Waals surface area (Å²) in [6, 6.07) is 3.65. The van der Waals surface area contributed by atoms with Crippen molar-refractivity contribution in [2.45, 2.75) is 39.3 Å². The van der Waals surface area contributed by atoms with Gasteiger partial charge < -0.3 is 9.30 Å². The Kier molecular flexibility index (Phi) is 5.76. The first-order valence-corrected chi connectivity index (χ1v) is 8.22. The Labute approximate surface area is 144 Å². The van der Waals surface area contributed by atoms with E-state index < -0.39 is 11.7 Å². The van der Waals surface area contributed by atoms with Gasteiger partial charge in [-0.2, -0.15) is 0 Å². The van der Waals surface area contributed by atoms with Crippen LogP contribution in [0.4, 0.5) is 10.6 Å². The van der Waals surface area contributed by atoms with E-state index >= 15 is 0 Å². The topological polar surface area (TPSA) is 60.2 Å². The molecular formula is C16H21BrN4O2. The minimum atomic E-state index is -0.547. The van der Waals surface area contributed by atoms with Crippen molar-refractivity contribution in [1.29, 1.82) is 0 Å². The fraction of sp³-hybridized carbons (Fsp3) is 0.438. The maximum absolute atomic E-state index is 12.5. The Morgan fingerprint density at radius 1 is 1.39 bits per heavy atom. The summed E-state index contributed by atoms with van der Waals surface area (Å²) in [5.41, 5.74) is -0.547. The van der Waals surface area contributed by atoms with Crippen LogP contribution in [0.2, 0.25) is 0 Å². The molecule has 2 heterocycles. The summed E-state index contributed by atoms with van der Waals surface area (Å²) in [7, 11) is 0. The van der Waals surface area contributed by atoms with Gasteiger partial charge in [0.15, 0.2) is 0 Å². The molecule has 124 valence electrons. The first-order chi connectivity index (χ1) is 10.8. The third kappa shape index (κ3) is 5.67. The number of carbonyl (C=O) groups excluding carboxylic acids is 1. The van der Waals surface area contributed by atoms with Crippen molar-refractivity contribution in [3.63, 3.8) is 0 Å². The van der Waals surface area contributed by atoms with Gasteiger partial charge in [-0.05, 0) is 55.3 Å². The highest BCUT2D eigenvalue weighted by atomic mass is 79.9. The summed E-state index contributed by atoms with van der Waals surface area (Å²) in [5.74, 6) is 0.577. The molecule has 2 rings (SSSR count).